The summed E-state index contributed by atoms with van der Waals surface area (Å²) in [5.74, 6) is 1.01. The Morgan fingerprint density at radius 2 is 2.21 bits per heavy atom. The summed E-state index contributed by atoms with van der Waals surface area (Å²) in [6, 6.07) is 1.53. The van der Waals surface area contributed by atoms with Gasteiger partial charge in [0.2, 0.25) is 5.91 Å². The van der Waals surface area contributed by atoms with Crippen LogP contribution in [0.5, 0.6) is 0 Å². The highest BCUT2D eigenvalue weighted by Crippen LogP contribution is 2.23. The van der Waals surface area contributed by atoms with Gasteiger partial charge in [-0.15, -0.1) is 11.8 Å². The lowest BCUT2D eigenvalue weighted by molar-refractivity contribution is -0.115. The molecule has 2 N–H and O–H groups in total. The Kier molecular flexibility index (Phi) is 6.93. The van der Waals surface area contributed by atoms with Crippen molar-refractivity contribution >= 4 is 46.7 Å². The molecule has 0 spiro atoms. The number of rotatable bonds is 6. The van der Waals surface area contributed by atoms with E-state index in [1.54, 1.807) is 6.92 Å². The summed E-state index contributed by atoms with van der Waals surface area (Å²) in [5, 5.41) is 12.1. The number of anilines is 1. The van der Waals surface area contributed by atoms with E-state index in [2.05, 4.69) is 10.3 Å². The predicted octanol–water partition coefficient (Wildman–Crippen LogP) is 3.08. The summed E-state index contributed by atoms with van der Waals surface area (Å²) in [5.41, 5.74) is 0. The smallest absolute Gasteiger partial charge is 0.238 e. The zero-order chi connectivity index (χ0) is 14.4. The number of nitrogens with zero attached hydrogens (tertiary/aromatic N) is 1. The highest BCUT2D eigenvalue weighted by Gasteiger charge is 2.16. The molecule has 0 aliphatic carbocycles. The number of aliphatic hydroxyl groups excluding tert-OH is 1. The number of aliphatic hydroxyl groups is 1. The highest BCUT2D eigenvalue weighted by atomic mass is 35.5. The molecule has 1 amide bonds. The second kappa shape index (κ2) is 7.94. The molecule has 2 unspecified atom stereocenters. The molecule has 0 bridgehead atoms. The molecule has 19 heavy (non-hydrogen) atoms. The van der Waals surface area contributed by atoms with Crippen LogP contribution in [0.4, 0.5) is 5.82 Å². The van der Waals surface area contributed by atoms with Crippen LogP contribution >= 0.6 is 35.0 Å². The Morgan fingerprint density at radius 3 is 2.79 bits per heavy atom. The van der Waals surface area contributed by atoms with Gasteiger partial charge in [0, 0.05) is 12.8 Å². The molecule has 0 fully saturated rings. The number of aromatic nitrogens is 1. The Hall–Kier alpha value is -0.490. The van der Waals surface area contributed by atoms with E-state index in [1.165, 1.54) is 24.0 Å². The molecule has 0 radical (unpaired) electrons. The number of nitrogens with one attached hydrogen (secondary N) is 1. The quantitative estimate of drug-likeness (QED) is 0.844. The van der Waals surface area contributed by atoms with Crippen molar-refractivity contribution in [2.75, 3.05) is 17.7 Å². The van der Waals surface area contributed by atoms with Crippen LogP contribution in [0, 0.1) is 5.92 Å². The largest absolute Gasteiger partial charge is 0.396 e. The van der Waals surface area contributed by atoms with E-state index in [0.29, 0.717) is 21.6 Å². The first-order valence-corrected chi connectivity index (χ1v) is 7.59. The lowest BCUT2D eigenvalue weighted by atomic mass is 10.2. The van der Waals surface area contributed by atoms with Gasteiger partial charge >= 0.3 is 0 Å². The van der Waals surface area contributed by atoms with Crippen LogP contribution in [0.1, 0.15) is 13.8 Å². The Balaban J connectivity index is 2.54. The third-order valence-corrected chi connectivity index (χ3v) is 4.33. The van der Waals surface area contributed by atoms with Crippen molar-refractivity contribution in [1.29, 1.82) is 0 Å². The van der Waals surface area contributed by atoms with Crippen LogP contribution in [0.15, 0.2) is 12.3 Å². The summed E-state index contributed by atoms with van der Waals surface area (Å²) in [6.45, 7) is 3.84. The maximum atomic E-state index is 11.9. The number of pyridine rings is 1. The zero-order valence-electron chi connectivity index (χ0n) is 10.7. The molecule has 0 saturated heterocycles. The van der Waals surface area contributed by atoms with Crippen molar-refractivity contribution in [3.63, 3.8) is 0 Å². The van der Waals surface area contributed by atoms with E-state index in [0.717, 1.165) is 0 Å². The van der Waals surface area contributed by atoms with Crippen molar-refractivity contribution in [3.8, 4) is 0 Å². The lowest BCUT2D eigenvalue weighted by Gasteiger charge is -2.14. The maximum Gasteiger partial charge on any atom is 0.238 e. The molecule has 0 aromatic carbocycles. The van der Waals surface area contributed by atoms with Crippen molar-refractivity contribution in [2.45, 2.75) is 19.1 Å². The topological polar surface area (TPSA) is 62.2 Å². The summed E-state index contributed by atoms with van der Waals surface area (Å²) >= 11 is 13.1. The summed E-state index contributed by atoms with van der Waals surface area (Å²) < 4.78 is 0. The Labute approximate surface area is 126 Å². The van der Waals surface area contributed by atoms with E-state index in [9.17, 15) is 4.79 Å². The van der Waals surface area contributed by atoms with E-state index >= 15 is 0 Å². The van der Waals surface area contributed by atoms with Crippen LogP contribution in [0.3, 0.4) is 0 Å². The number of thioether (sulfide) groups is 1. The van der Waals surface area contributed by atoms with Gasteiger partial charge in [0.15, 0.2) is 5.82 Å². The molecule has 1 aromatic heterocycles. The van der Waals surface area contributed by atoms with Crippen LogP contribution in [-0.2, 0) is 4.79 Å². The number of carbonyl (C=O) groups excluding carboxylic acids is 1. The molecule has 2 atom stereocenters. The molecule has 0 saturated carbocycles. The maximum absolute atomic E-state index is 11.9. The average Bonchev–Trinajstić information content (AvgIpc) is 2.38. The van der Waals surface area contributed by atoms with Crippen molar-refractivity contribution in [1.82, 2.24) is 4.98 Å². The van der Waals surface area contributed by atoms with Gasteiger partial charge in [-0.25, -0.2) is 4.98 Å². The normalized spacial score (nSPS) is 13.9. The number of carbonyl (C=O) groups is 1. The fourth-order valence-corrected chi connectivity index (χ4v) is 2.52. The standard InChI is InChI=1S/C12H16Cl2N2O2S/c1-7(5-17)6-19-8(2)12(18)16-11-10(14)3-9(13)4-15-11/h3-4,7-8,17H,5-6H2,1-2H3,(H,15,16,18). The first kappa shape index (κ1) is 16.6. The van der Waals surface area contributed by atoms with Gasteiger partial charge in [0.1, 0.15) is 0 Å². The summed E-state index contributed by atoms with van der Waals surface area (Å²) in [7, 11) is 0. The highest BCUT2D eigenvalue weighted by molar-refractivity contribution is 8.00. The second-order valence-corrected chi connectivity index (χ2v) is 6.45. The SMILES string of the molecule is CC(CO)CSC(C)C(=O)Nc1ncc(Cl)cc1Cl. The molecule has 1 aromatic rings. The summed E-state index contributed by atoms with van der Waals surface area (Å²) in [6.07, 6.45) is 1.43. The van der Waals surface area contributed by atoms with Gasteiger partial charge in [0.05, 0.1) is 15.3 Å². The number of hydrogen-bond donors (Lipinski definition) is 2. The van der Waals surface area contributed by atoms with E-state index in [-0.39, 0.29) is 23.7 Å². The van der Waals surface area contributed by atoms with Gasteiger partial charge in [-0.05, 0) is 24.7 Å². The zero-order valence-corrected chi connectivity index (χ0v) is 13.0. The fourth-order valence-electron chi connectivity index (χ4n) is 1.16. The monoisotopic (exact) mass is 322 g/mol. The van der Waals surface area contributed by atoms with Gasteiger partial charge in [0.25, 0.3) is 0 Å². The second-order valence-electron chi connectivity index (χ2n) is 4.24. The van der Waals surface area contributed by atoms with E-state index < -0.39 is 0 Å². The Bertz CT molecular complexity index is 446. The molecular weight excluding hydrogens is 307 g/mol. The molecule has 0 aliphatic rings. The minimum absolute atomic E-state index is 0.117. The van der Waals surface area contributed by atoms with E-state index in [1.807, 2.05) is 6.92 Å². The fraction of sp³-hybridized carbons (Fsp3) is 0.500. The van der Waals surface area contributed by atoms with Crippen LogP contribution in [0.25, 0.3) is 0 Å². The third-order valence-electron chi connectivity index (χ3n) is 2.36. The van der Waals surface area contributed by atoms with Crippen LogP contribution in [-0.4, -0.2) is 33.6 Å². The molecule has 1 heterocycles. The third kappa shape index (κ3) is 5.57. The molecule has 4 nitrogen and oxygen atoms in total. The number of hydrogen-bond acceptors (Lipinski definition) is 4. The minimum atomic E-state index is -0.248. The minimum Gasteiger partial charge on any atom is -0.396 e. The molecular formula is C12H16Cl2N2O2S. The van der Waals surface area contributed by atoms with Gasteiger partial charge < -0.3 is 10.4 Å². The average molecular weight is 323 g/mol. The van der Waals surface area contributed by atoms with Crippen LogP contribution in [0.2, 0.25) is 10.0 Å². The van der Waals surface area contributed by atoms with Crippen molar-refractivity contribution in [3.05, 3.63) is 22.3 Å². The Morgan fingerprint density at radius 1 is 1.53 bits per heavy atom. The number of halogens is 2. The van der Waals surface area contributed by atoms with Crippen molar-refractivity contribution in [2.24, 2.45) is 5.92 Å². The molecule has 7 heteroatoms. The molecule has 1 rings (SSSR count). The van der Waals surface area contributed by atoms with Gasteiger partial charge in [-0.2, -0.15) is 0 Å². The summed E-state index contributed by atoms with van der Waals surface area (Å²) in [4.78, 5) is 15.9. The first-order valence-electron chi connectivity index (χ1n) is 5.78. The predicted molar refractivity (Wildman–Crippen MR) is 81.1 cm³/mol. The first-order chi connectivity index (χ1) is 8.93. The number of amides is 1. The van der Waals surface area contributed by atoms with E-state index in [4.69, 9.17) is 28.3 Å². The van der Waals surface area contributed by atoms with Crippen LogP contribution < -0.4 is 5.32 Å². The van der Waals surface area contributed by atoms with Crippen molar-refractivity contribution < 1.29 is 9.90 Å². The molecule has 0 aliphatic heterocycles. The molecule has 106 valence electrons. The lowest BCUT2D eigenvalue weighted by Crippen LogP contribution is -2.24. The van der Waals surface area contributed by atoms with Gasteiger partial charge in [-0.3, -0.25) is 4.79 Å². The van der Waals surface area contributed by atoms with Gasteiger partial charge in [-0.1, -0.05) is 30.1 Å².